The fourth-order valence-electron chi connectivity index (χ4n) is 0.892. The zero-order valence-corrected chi connectivity index (χ0v) is 9.09. The normalized spacial score (nSPS) is 15.3. The smallest absolute Gasteiger partial charge is 0.160 e. The monoisotopic (exact) mass is 264 g/mol. The second-order valence-electron chi connectivity index (χ2n) is 2.57. The number of hydrogen-bond acceptors (Lipinski definition) is 4. The number of halogens is 1. The maximum Gasteiger partial charge on any atom is 0.160 e. The maximum atomic E-state index is 10.3. The van der Waals surface area contributed by atoms with Crippen molar-refractivity contribution >= 4 is 33.6 Å². The predicted octanol–water partition coefficient (Wildman–Crippen LogP) is 1.35. The van der Waals surface area contributed by atoms with Crippen LogP contribution in [0.4, 0.5) is 0 Å². The minimum atomic E-state index is -0.927. The molecule has 72 valence electrons. The molecule has 1 rings (SSSR count). The van der Waals surface area contributed by atoms with Gasteiger partial charge in [0.25, 0.3) is 0 Å². The summed E-state index contributed by atoms with van der Waals surface area (Å²) in [7, 11) is 0. The molecule has 5 heteroatoms. The average molecular weight is 265 g/mol. The molecule has 0 saturated carbocycles. The van der Waals surface area contributed by atoms with Crippen molar-refractivity contribution in [3.05, 3.63) is 21.9 Å². The van der Waals surface area contributed by atoms with E-state index in [-0.39, 0.29) is 0 Å². The molecule has 1 aromatic heterocycles. The number of rotatable bonds is 4. The van der Waals surface area contributed by atoms with E-state index < -0.39 is 12.2 Å². The van der Waals surface area contributed by atoms with Crippen LogP contribution < -0.4 is 0 Å². The third kappa shape index (κ3) is 2.60. The number of aldehydes is 1. The Morgan fingerprint density at radius 3 is 2.77 bits per heavy atom. The van der Waals surface area contributed by atoms with Crippen molar-refractivity contribution in [2.45, 2.75) is 12.2 Å². The quantitative estimate of drug-likeness (QED) is 0.638. The Morgan fingerprint density at radius 2 is 2.31 bits per heavy atom. The molecule has 1 heterocycles. The van der Waals surface area contributed by atoms with Crippen molar-refractivity contribution in [2.75, 3.05) is 5.33 Å². The molecule has 3 nitrogen and oxygen atoms in total. The van der Waals surface area contributed by atoms with E-state index in [1.165, 1.54) is 11.3 Å². The minimum absolute atomic E-state index is 0.306. The fourth-order valence-corrected chi connectivity index (χ4v) is 1.99. The lowest BCUT2D eigenvalue weighted by Gasteiger charge is -2.13. The summed E-state index contributed by atoms with van der Waals surface area (Å²) in [5.41, 5.74) is 0.582. The van der Waals surface area contributed by atoms with Gasteiger partial charge in [0.2, 0.25) is 0 Å². The lowest BCUT2D eigenvalue weighted by atomic mass is 10.1. The molecular formula is C8H9BrO3S. The molecular weight excluding hydrogens is 256 g/mol. The first-order valence-corrected chi connectivity index (χ1v) is 5.65. The Hall–Kier alpha value is -0.230. The van der Waals surface area contributed by atoms with Crippen LogP contribution in [0, 0.1) is 0 Å². The zero-order chi connectivity index (χ0) is 9.84. The van der Waals surface area contributed by atoms with Crippen LogP contribution in [0.3, 0.4) is 0 Å². The van der Waals surface area contributed by atoms with Crippen molar-refractivity contribution in [1.82, 2.24) is 0 Å². The molecule has 0 aromatic carbocycles. The van der Waals surface area contributed by atoms with Gasteiger partial charge in [-0.05, 0) is 17.0 Å². The van der Waals surface area contributed by atoms with E-state index >= 15 is 0 Å². The summed E-state index contributed by atoms with van der Waals surface area (Å²) < 4.78 is 0. The van der Waals surface area contributed by atoms with E-state index in [4.69, 9.17) is 0 Å². The van der Waals surface area contributed by atoms with Gasteiger partial charge in [-0.25, -0.2) is 0 Å². The highest BCUT2D eigenvalue weighted by Crippen LogP contribution is 2.23. The summed E-state index contributed by atoms with van der Waals surface area (Å²) in [6.07, 6.45) is -1.04. The van der Waals surface area contributed by atoms with Gasteiger partial charge < -0.3 is 10.2 Å². The summed E-state index contributed by atoms with van der Waals surface area (Å²) in [4.78, 5) is 10.9. The first-order chi connectivity index (χ1) is 6.19. The van der Waals surface area contributed by atoms with Crippen molar-refractivity contribution in [2.24, 2.45) is 0 Å². The largest absolute Gasteiger partial charge is 0.389 e. The van der Waals surface area contributed by atoms with Crippen LogP contribution in [0.5, 0.6) is 0 Å². The van der Waals surface area contributed by atoms with E-state index in [1.54, 1.807) is 11.4 Å². The first kappa shape index (κ1) is 10.8. The molecule has 0 saturated heterocycles. The Labute approximate surface area is 88.1 Å². The maximum absolute atomic E-state index is 10.3. The molecule has 0 spiro atoms. The molecule has 0 radical (unpaired) electrons. The standard InChI is InChI=1S/C8H9BrO3S/c9-2-7(11)8(12)5-1-6(3-10)13-4-5/h1,3-4,7-8,11-12H,2H2. The van der Waals surface area contributed by atoms with E-state index in [1.807, 2.05) is 0 Å². The molecule has 2 atom stereocenters. The molecule has 0 fully saturated rings. The van der Waals surface area contributed by atoms with Crippen LogP contribution in [0.15, 0.2) is 11.4 Å². The highest BCUT2D eigenvalue weighted by molar-refractivity contribution is 9.09. The van der Waals surface area contributed by atoms with Crippen LogP contribution in [0.2, 0.25) is 0 Å². The number of hydrogen-bond donors (Lipinski definition) is 2. The number of aliphatic hydroxyl groups is 2. The molecule has 1 aromatic rings. The van der Waals surface area contributed by atoms with Crippen molar-refractivity contribution in [1.29, 1.82) is 0 Å². The molecule has 0 aliphatic heterocycles. The van der Waals surface area contributed by atoms with Crippen molar-refractivity contribution < 1.29 is 15.0 Å². The molecule has 0 aliphatic carbocycles. The van der Waals surface area contributed by atoms with Crippen molar-refractivity contribution in [3.8, 4) is 0 Å². The van der Waals surface area contributed by atoms with Gasteiger partial charge in [0.05, 0.1) is 11.0 Å². The molecule has 0 bridgehead atoms. The number of carbonyl (C=O) groups excluding carboxylic acids is 1. The van der Waals surface area contributed by atoms with Gasteiger partial charge in [0.1, 0.15) is 6.10 Å². The SMILES string of the molecule is O=Cc1cc(C(O)C(O)CBr)cs1. The highest BCUT2D eigenvalue weighted by atomic mass is 79.9. The molecule has 13 heavy (non-hydrogen) atoms. The second kappa shape index (κ2) is 4.85. The second-order valence-corrected chi connectivity index (χ2v) is 4.16. The van der Waals surface area contributed by atoms with Crippen LogP contribution in [0.1, 0.15) is 21.3 Å². The number of thiophene rings is 1. The Bertz CT molecular complexity index is 287. The number of carbonyl (C=O) groups is 1. The van der Waals surface area contributed by atoms with Gasteiger partial charge in [0.15, 0.2) is 6.29 Å². The van der Waals surface area contributed by atoms with Crippen LogP contribution >= 0.6 is 27.3 Å². The lowest BCUT2D eigenvalue weighted by Crippen LogP contribution is -2.18. The lowest BCUT2D eigenvalue weighted by molar-refractivity contribution is 0.0345. The van der Waals surface area contributed by atoms with Gasteiger partial charge in [-0.2, -0.15) is 0 Å². The van der Waals surface area contributed by atoms with Gasteiger partial charge in [-0.1, -0.05) is 15.9 Å². The van der Waals surface area contributed by atoms with Crippen LogP contribution in [0.25, 0.3) is 0 Å². The zero-order valence-electron chi connectivity index (χ0n) is 6.68. The van der Waals surface area contributed by atoms with Crippen molar-refractivity contribution in [3.63, 3.8) is 0 Å². The van der Waals surface area contributed by atoms with Crippen LogP contribution in [-0.4, -0.2) is 27.9 Å². The molecule has 2 N–H and O–H groups in total. The first-order valence-electron chi connectivity index (χ1n) is 3.64. The van der Waals surface area contributed by atoms with E-state index in [0.717, 1.165) is 6.29 Å². The molecule has 0 amide bonds. The topological polar surface area (TPSA) is 57.5 Å². The molecule has 2 unspecified atom stereocenters. The number of alkyl halides is 1. The Balaban J connectivity index is 2.76. The third-order valence-electron chi connectivity index (χ3n) is 1.62. The van der Waals surface area contributed by atoms with Crippen LogP contribution in [-0.2, 0) is 0 Å². The minimum Gasteiger partial charge on any atom is -0.389 e. The Kier molecular flexibility index (Phi) is 4.05. The van der Waals surface area contributed by atoms with E-state index in [2.05, 4.69) is 15.9 Å². The Morgan fingerprint density at radius 1 is 1.62 bits per heavy atom. The number of aliphatic hydroxyl groups excluding tert-OH is 2. The molecule has 0 aliphatic rings. The van der Waals surface area contributed by atoms with Gasteiger partial charge in [0, 0.05) is 5.33 Å². The summed E-state index contributed by atoms with van der Waals surface area (Å²) in [5.74, 6) is 0. The fraction of sp³-hybridized carbons (Fsp3) is 0.375. The van der Waals surface area contributed by atoms with Gasteiger partial charge in [-0.3, -0.25) is 4.79 Å². The average Bonchev–Trinajstić information content (AvgIpc) is 2.63. The highest BCUT2D eigenvalue weighted by Gasteiger charge is 2.18. The summed E-state index contributed by atoms with van der Waals surface area (Å²) in [6.45, 7) is 0. The summed E-state index contributed by atoms with van der Waals surface area (Å²) >= 11 is 4.31. The van der Waals surface area contributed by atoms with E-state index in [0.29, 0.717) is 15.8 Å². The third-order valence-corrected chi connectivity index (χ3v) is 3.16. The summed E-state index contributed by atoms with van der Waals surface area (Å²) in [6, 6.07) is 1.58. The van der Waals surface area contributed by atoms with Gasteiger partial charge >= 0.3 is 0 Å². The summed E-state index contributed by atoms with van der Waals surface area (Å²) in [5, 5.41) is 20.8. The van der Waals surface area contributed by atoms with Gasteiger partial charge in [-0.15, -0.1) is 11.3 Å². The van der Waals surface area contributed by atoms with E-state index in [9.17, 15) is 15.0 Å². The predicted molar refractivity (Wildman–Crippen MR) is 54.5 cm³/mol.